The van der Waals surface area contributed by atoms with E-state index in [1.807, 2.05) is 19.9 Å². The number of amides is 1. The van der Waals surface area contributed by atoms with E-state index in [9.17, 15) is 14.3 Å². The van der Waals surface area contributed by atoms with Crippen molar-refractivity contribution in [2.45, 2.75) is 44.9 Å². The van der Waals surface area contributed by atoms with Crippen molar-refractivity contribution >= 4 is 5.91 Å². The van der Waals surface area contributed by atoms with Gasteiger partial charge in [0.15, 0.2) is 0 Å². The number of benzene rings is 1. The predicted octanol–water partition coefficient (Wildman–Crippen LogP) is 2.77. The number of nitrogens with one attached hydrogen (secondary N) is 1. The molecule has 0 radical (unpaired) electrons. The van der Waals surface area contributed by atoms with Crippen LogP contribution in [0.1, 0.15) is 45.1 Å². The van der Waals surface area contributed by atoms with Crippen LogP contribution in [0, 0.1) is 11.2 Å². The Balaban J connectivity index is 1.86. The van der Waals surface area contributed by atoms with Crippen molar-refractivity contribution in [3.05, 3.63) is 35.6 Å². The lowest BCUT2D eigenvalue weighted by molar-refractivity contribution is -0.123. The zero-order valence-electron chi connectivity index (χ0n) is 12.8. The Hall–Kier alpha value is -1.42. The molecule has 1 aliphatic rings. The quantitative estimate of drug-likeness (QED) is 0.760. The van der Waals surface area contributed by atoms with Gasteiger partial charge in [-0.05, 0) is 48.8 Å². The van der Waals surface area contributed by atoms with Crippen molar-refractivity contribution in [3.63, 3.8) is 0 Å². The van der Waals surface area contributed by atoms with Crippen molar-refractivity contribution in [1.29, 1.82) is 0 Å². The van der Waals surface area contributed by atoms with Gasteiger partial charge in [0.05, 0.1) is 5.41 Å². The molecule has 1 aromatic carbocycles. The van der Waals surface area contributed by atoms with Crippen LogP contribution in [-0.2, 0) is 10.2 Å². The molecule has 0 aromatic heterocycles. The second-order valence-electron chi connectivity index (χ2n) is 6.77. The van der Waals surface area contributed by atoms with E-state index in [1.54, 1.807) is 6.07 Å². The molecule has 0 saturated heterocycles. The summed E-state index contributed by atoms with van der Waals surface area (Å²) in [5.74, 6) is -0.300. The largest absolute Gasteiger partial charge is 0.396 e. The monoisotopic (exact) mass is 293 g/mol. The highest BCUT2D eigenvalue weighted by Gasteiger charge is 2.51. The van der Waals surface area contributed by atoms with E-state index >= 15 is 0 Å². The number of carbonyl (C=O) groups excluding carboxylic acids is 1. The summed E-state index contributed by atoms with van der Waals surface area (Å²) >= 11 is 0. The van der Waals surface area contributed by atoms with E-state index < -0.39 is 5.41 Å². The summed E-state index contributed by atoms with van der Waals surface area (Å²) in [5.41, 5.74) is 0.148. The summed E-state index contributed by atoms with van der Waals surface area (Å²) in [5, 5.41) is 12.2. The number of aliphatic hydroxyl groups is 1. The molecule has 1 aliphatic carbocycles. The van der Waals surface area contributed by atoms with Crippen molar-refractivity contribution < 1.29 is 14.3 Å². The minimum Gasteiger partial charge on any atom is -0.396 e. The van der Waals surface area contributed by atoms with Gasteiger partial charge >= 0.3 is 0 Å². The van der Waals surface area contributed by atoms with Crippen LogP contribution in [0.4, 0.5) is 4.39 Å². The number of hydrogen-bond acceptors (Lipinski definition) is 2. The van der Waals surface area contributed by atoms with Gasteiger partial charge in [-0.15, -0.1) is 0 Å². The Morgan fingerprint density at radius 2 is 2.14 bits per heavy atom. The number of hydrogen-bond donors (Lipinski definition) is 2. The fourth-order valence-electron chi connectivity index (χ4n) is 2.58. The lowest BCUT2D eigenvalue weighted by Gasteiger charge is -2.22. The Morgan fingerprint density at radius 3 is 2.71 bits per heavy atom. The fraction of sp³-hybridized carbons (Fsp3) is 0.588. The van der Waals surface area contributed by atoms with Crippen molar-refractivity contribution in [1.82, 2.24) is 5.32 Å². The minimum absolute atomic E-state index is 0.00472. The third-order valence-corrected chi connectivity index (χ3v) is 4.31. The van der Waals surface area contributed by atoms with E-state index in [4.69, 9.17) is 0 Å². The van der Waals surface area contributed by atoms with Gasteiger partial charge in [-0.2, -0.15) is 0 Å². The first-order chi connectivity index (χ1) is 9.89. The van der Waals surface area contributed by atoms with Crippen LogP contribution in [0.15, 0.2) is 24.3 Å². The number of aliphatic hydroxyl groups excluding tert-OH is 1. The number of rotatable bonds is 7. The molecular weight excluding hydrogens is 269 g/mol. The van der Waals surface area contributed by atoms with Gasteiger partial charge in [-0.25, -0.2) is 4.39 Å². The zero-order valence-corrected chi connectivity index (χ0v) is 12.8. The Bertz CT molecular complexity index is 509. The normalized spacial score (nSPS) is 16.6. The van der Waals surface area contributed by atoms with Gasteiger partial charge in [0, 0.05) is 13.2 Å². The maximum absolute atomic E-state index is 13.3. The molecule has 1 saturated carbocycles. The Morgan fingerprint density at radius 1 is 1.43 bits per heavy atom. The summed E-state index contributed by atoms with van der Waals surface area (Å²) in [6, 6.07) is 6.34. The molecule has 21 heavy (non-hydrogen) atoms. The third kappa shape index (κ3) is 3.82. The maximum Gasteiger partial charge on any atom is 0.230 e. The summed E-state index contributed by atoms with van der Waals surface area (Å²) in [4.78, 5) is 12.4. The minimum atomic E-state index is -0.519. The summed E-state index contributed by atoms with van der Waals surface area (Å²) in [6.07, 6.45) is 3.25. The van der Waals surface area contributed by atoms with Crippen molar-refractivity contribution in [2.24, 2.45) is 5.41 Å². The van der Waals surface area contributed by atoms with Crippen LogP contribution < -0.4 is 5.32 Å². The standard InChI is InChI=1S/C17H24FNO2/c1-16(2,12-20)7-4-10-19-15(21)17(8-9-17)13-5-3-6-14(18)11-13/h3,5-6,11,20H,4,7-10,12H2,1-2H3,(H,19,21). The maximum atomic E-state index is 13.3. The van der Waals surface area contributed by atoms with Crippen LogP contribution in [0.2, 0.25) is 0 Å². The molecule has 0 spiro atoms. The Kier molecular flexibility index (Phi) is 4.67. The highest BCUT2D eigenvalue weighted by atomic mass is 19.1. The SMILES string of the molecule is CC(C)(CO)CCCNC(=O)C1(c2cccc(F)c2)CC1. The van der Waals surface area contributed by atoms with Crippen molar-refractivity contribution in [3.8, 4) is 0 Å². The smallest absolute Gasteiger partial charge is 0.230 e. The van der Waals surface area contributed by atoms with E-state index in [-0.39, 0.29) is 23.7 Å². The predicted molar refractivity (Wildman–Crippen MR) is 80.4 cm³/mol. The van der Waals surface area contributed by atoms with Gasteiger partial charge in [0.1, 0.15) is 5.82 Å². The fourth-order valence-corrected chi connectivity index (χ4v) is 2.58. The van der Waals surface area contributed by atoms with Crippen LogP contribution in [-0.4, -0.2) is 24.2 Å². The van der Waals surface area contributed by atoms with E-state index in [1.165, 1.54) is 12.1 Å². The molecule has 0 aliphatic heterocycles. The lowest BCUT2D eigenvalue weighted by Crippen LogP contribution is -2.35. The van der Waals surface area contributed by atoms with Crippen LogP contribution in [0.5, 0.6) is 0 Å². The highest BCUT2D eigenvalue weighted by Crippen LogP contribution is 2.48. The van der Waals surface area contributed by atoms with E-state index in [2.05, 4.69) is 5.32 Å². The molecular formula is C17H24FNO2. The summed E-state index contributed by atoms with van der Waals surface area (Å²) < 4.78 is 13.3. The first-order valence-corrected chi connectivity index (χ1v) is 7.55. The van der Waals surface area contributed by atoms with E-state index in [0.717, 1.165) is 31.2 Å². The lowest BCUT2D eigenvalue weighted by atomic mass is 9.89. The molecule has 4 heteroatoms. The molecule has 0 heterocycles. The molecule has 0 atom stereocenters. The summed E-state index contributed by atoms with van der Waals surface area (Å²) in [7, 11) is 0. The van der Waals surface area contributed by atoms with Crippen LogP contribution in [0.25, 0.3) is 0 Å². The van der Waals surface area contributed by atoms with Gasteiger partial charge in [-0.3, -0.25) is 4.79 Å². The third-order valence-electron chi connectivity index (χ3n) is 4.31. The molecule has 2 N–H and O–H groups in total. The molecule has 3 nitrogen and oxygen atoms in total. The average molecular weight is 293 g/mol. The highest BCUT2D eigenvalue weighted by molar-refractivity contribution is 5.91. The molecule has 0 unspecified atom stereocenters. The molecule has 1 aromatic rings. The van der Waals surface area contributed by atoms with Gasteiger partial charge in [0.25, 0.3) is 0 Å². The van der Waals surface area contributed by atoms with Crippen molar-refractivity contribution in [2.75, 3.05) is 13.2 Å². The average Bonchev–Trinajstić information content (AvgIpc) is 3.25. The Labute approximate surface area is 125 Å². The molecule has 0 bridgehead atoms. The number of carbonyl (C=O) groups is 1. The topological polar surface area (TPSA) is 49.3 Å². The van der Waals surface area contributed by atoms with Crippen LogP contribution >= 0.6 is 0 Å². The van der Waals surface area contributed by atoms with Crippen LogP contribution in [0.3, 0.4) is 0 Å². The number of halogens is 1. The first kappa shape index (κ1) is 16.0. The van der Waals surface area contributed by atoms with Gasteiger partial charge in [0.2, 0.25) is 5.91 Å². The molecule has 1 fully saturated rings. The molecule has 2 rings (SSSR count). The van der Waals surface area contributed by atoms with E-state index in [0.29, 0.717) is 6.54 Å². The summed E-state index contributed by atoms with van der Waals surface area (Å²) in [6.45, 7) is 4.75. The zero-order chi connectivity index (χ0) is 15.5. The van der Waals surface area contributed by atoms with Gasteiger partial charge in [-0.1, -0.05) is 26.0 Å². The van der Waals surface area contributed by atoms with Gasteiger partial charge < -0.3 is 10.4 Å². The second kappa shape index (κ2) is 6.14. The molecule has 116 valence electrons. The second-order valence-corrected chi connectivity index (χ2v) is 6.77. The first-order valence-electron chi connectivity index (χ1n) is 7.55. The molecule has 1 amide bonds.